The molecule has 2 aromatic carbocycles. The first-order chi connectivity index (χ1) is 8.98. The summed E-state index contributed by atoms with van der Waals surface area (Å²) in [5.41, 5.74) is 5.32. The molecule has 0 spiro atoms. The van der Waals surface area contributed by atoms with Crippen LogP contribution in [0.25, 0.3) is 5.57 Å². The fourth-order valence-electron chi connectivity index (χ4n) is 2.38. The third-order valence-electron chi connectivity index (χ3n) is 3.38. The molecular weight excluding hydrogens is 228 g/mol. The third-order valence-corrected chi connectivity index (χ3v) is 3.38. The van der Waals surface area contributed by atoms with Gasteiger partial charge in [0.25, 0.3) is 0 Å². The Labute approximate surface area is 116 Å². The van der Waals surface area contributed by atoms with Crippen LogP contribution in [0.5, 0.6) is 0 Å². The molecule has 0 aliphatic carbocycles. The van der Waals surface area contributed by atoms with Crippen LogP contribution in [0.1, 0.15) is 37.5 Å². The van der Waals surface area contributed by atoms with E-state index in [9.17, 15) is 0 Å². The molecule has 0 atom stereocenters. The fourth-order valence-corrected chi connectivity index (χ4v) is 2.38. The van der Waals surface area contributed by atoms with E-state index in [4.69, 9.17) is 0 Å². The minimum absolute atomic E-state index is 0.149. The molecule has 0 saturated heterocycles. The highest BCUT2D eigenvalue weighted by Crippen LogP contribution is 2.30. The van der Waals surface area contributed by atoms with Gasteiger partial charge in [-0.2, -0.15) is 0 Å². The van der Waals surface area contributed by atoms with Gasteiger partial charge < -0.3 is 0 Å². The summed E-state index contributed by atoms with van der Waals surface area (Å²) in [5, 5.41) is 0. The topological polar surface area (TPSA) is 0 Å². The highest BCUT2D eigenvalue weighted by molar-refractivity contribution is 5.69. The van der Waals surface area contributed by atoms with Crippen molar-refractivity contribution in [1.82, 2.24) is 0 Å². The number of hydrogen-bond acceptors (Lipinski definition) is 0. The van der Waals surface area contributed by atoms with E-state index < -0.39 is 0 Å². The van der Waals surface area contributed by atoms with Gasteiger partial charge in [-0.3, -0.25) is 0 Å². The number of hydrogen-bond donors (Lipinski definition) is 0. The second-order valence-electron chi connectivity index (χ2n) is 6.06. The number of allylic oxidation sites excluding steroid dienone is 1. The van der Waals surface area contributed by atoms with Crippen molar-refractivity contribution in [3.8, 4) is 0 Å². The van der Waals surface area contributed by atoms with Crippen LogP contribution >= 0.6 is 0 Å². The smallest absolute Gasteiger partial charge is 0.00256 e. The van der Waals surface area contributed by atoms with Crippen molar-refractivity contribution in [1.29, 1.82) is 0 Å². The molecule has 0 radical (unpaired) electrons. The van der Waals surface area contributed by atoms with E-state index in [2.05, 4.69) is 81.9 Å². The molecule has 0 aliphatic rings. The van der Waals surface area contributed by atoms with Gasteiger partial charge in [-0.1, -0.05) is 81.9 Å². The summed E-state index contributed by atoms with van der Waals surface area (Å²) < 4.78 is 0. The monoisotopic (exact) mass is 250 g/mol. The minimum Gasteiger partial charge on any atom is -0.0949 e. The Bertz CT molecular complexity index is 556. The molecule has 0 unspecified atom stereocenters. The summed E-state index contributed by atoms with van der Waals surface area (Å²) in [7, 11) is 0. The van der Waals surface area contributed by atoms with E-state index in [0.29, 0.717) is 0 Å². The minimum atomic E-state index is 0.149. The molecule has 2 aromatic rings. The van der Waals surface area contributed by atoms with E-state index in [1.165, 1.54) is 22.3 Å². The van der Waals surface area contributed by atoms with Crippen molar-refractivity contribution in [2.75, 3.05) is 0 Å². The van der Waals surface area contributed by atoms with Gasteiger partial charge in [-0.15, -0.1) is 0 Å². The molecular formula is C19H22. The van der Waals surface area contributed by atoms with Gasteiger partial charge in [-0.25, -0.2) is 0 Å². The molecule has 0 amide bonds. The highest BCUT2D eigenvalue weighted by atomic mass is 14.2. The van der Waals surface area contributed by atoms with Crippen molar-refractivity contribution in [2.24, 2.45) is 0 Å². The van der Waals surface area contributed by atoms with Gasteiger partial charge in [0.1, 0.15) is 0 Å². The lowest BCUT2D eigenvalue weighted by Gasteiger charge is -2.24. The molecule has 0 aliphatic heterocycles. The van der Waals surface area contributed by atoms with Crippen molar-refractivity contribution in [3.63, 3.8) is 0 Å². The predicted molar refractivity (Wildman–Crippen MR) is 84.3 cm³/mol. The summed E-state index contributed by atoms with van der Waals surface area (Å²) in [6, 6.07) is 19.1. The van der Waals surface area contributed by atoms with Crippen molar-refractivity contribution < 1.29 is 0 Å². The van der Waals surface area contributed by atoms with Crippen LogP contribution in [-0.4, -0.2) is 0 Å². The zero-order chi connectivity index (χ0) is 13.9. The molecule has 0 bridgehead atoms. The highest BCUT2D eigenvalue weighted by Gasteiger charge is 2.18. The lowest BCUT2D eigenvalue weighted by Crippen LogP contribution is -2.14. The zero-order valence-electron chi connectivity index (χ0n) is 12.1. The molecule has 0 saturated carbocycles. The van der Waals surface area contributed by atoms with E-state index >= 15 is 0 Å². The molecule has 98 valence electrons. The zero-order valence-corrected chi connectivity index (χ0v) is 12.1. The summed E-state index contributed by atoms with van der Waals surface area (Å²) in [4.78, 5) is 0. The van der Waals surface area contributed by atoms with E-state index in [1.807, 2.05) is 0 Å². The number of benzene rings is 2. The Morgan fingerprint density at radius 2 is 1.47 bits per heavy atom. The SMILES string of the molecule is C=C(Cc1ccccc1)c1ccccc1C(C)(C)C. The first-order valence-corrected chi connectivity index (χ1v) is 6.80. The Kier molecular flexibility index (Phi) is 3.90. The van der Waals surface area contributed by atoms with Gasteiger partial charge in [-0.05, 0) is 34.1 Å². The lowest BCUT2D eigenvalue weighted by atomic mass is 9.81. The molecule has 19 heavy (non-hydrogen) atoms. The van der Waals surface area contributed by atoms with Gasteiger partial charge in [0.15, 0.2) is 0 Å². The normalized spacial score (nSPS) is 11.3. The summed E-state index contributed by atoms with van der Waals surface area (Å²) >= 11 is 0. The lowest BCUT2D eigenvalue weighted by molar-refractivity contribution is 0.588. The van der Waals surface area contributed by atoms with Gasteiger partial charge >= 0.3 is 0 Å². The van der Waals surface area contributed by atoms with Crippen molar-refractivity contribution in [3.05, 3.63) is 77.9 Å². The van der Waals surface area contributed by atoms with Crippen molar-refractivity contribution >= 4 is 5.57 Å². The summed E-state index contributed by atoms with van der Waals surface area (Å²) in [6.07, 6.45) is 0.911. The Hall–Kier alpha value is -1.82. The standard InChI is InChI=1S/C19H22/c1-15(14-16-10-6-5-7-11-16)17-12-8-9-13-18(17)19(2,3)4/h5-13H,1,14H2,2-4H3. The predicted octanol–water partition coefficient (Wildman–Crippen LogP) is 5.24. The van der Waals surface area contributed by atoms with E-state index in [1.54, 1.807) is 0 Å². The van der Waals surface area contributed by atoms with Crippen LogP contribution in [0.4, 0.5) is 0 Å². The quantitative estimate of drug-likeness (QED) is 0.698. The first-order valence-electron chi connectivity index (χ1n) is 6.80. The summed E-state index contributed by atoms with van der Waals surface area (Å²) in [6.45, 7) is 11.0. The Morgan fingerprint density at radius 1 is 0.895 bits per heavy atom. The first kappa shape index (κ1) is 13.6. The second kappa shape index (κ2) is 5.44. The number of rotatable bonds is 3. The molecule has 0 N–H and O–H groups in total. The largest absolute Gasteiger partial charge is 0.0949 e. The Morgan fingerprint density at radius 3 is 2.11 bits per heavy atom. The third kappa shape index (κ3) is 3.35. The summed E-state index contributed by atoms with van der Waals surface area (Å²) in [5.74, 6) is 0. The molecule has 0 heterocycles. The van der Waals surface area contributed by atoms with Crippen LogP contribution < -0.4 is 0 Å². The molecule has 0 fully saturated rings. The van der Waals surface area contributed by atoms with Crippen LogP contribution in [0.15, 0.2) is 61.2 Å². The van der Waals surface area contributed by atoms with Gasteiger partial charge in [0.2, 0.25) is 0 Å². The molecule has 2 rings (SSSR count). The fraction of sp³-hybridized carbons (Fsp3) is 0.263. The maximum atomic E-state index is 4.29. The van der Waals surface area contributed by atoms with Crippen LogP contribution in [0.2, 0.25) is 0 Å². The second-order valence-corrected chi connectivity index (χ2v) is 6.06. The molecule has 0 heteroatoms. The van der Waals surface area contributed by atoms with Gasteiger partial charge in [0, 0.05) is 0 Å². The molecule has 0 nitrogen and oxygen atoms in total. The van der Waals surface area contributed by atoms with Crippen LogP contribution in [0, 0.1) is 0 Å². The van der Waals surface area contributed by atoms with Gasteiger partial charge in [0.05, 0.1) is 0 Å². The maximum Gasteiger partial charge on any atom is -0.00256 e. The maximum absolute atomic E-state index is 4.29. The van der Waals surface area contributed by atoms with Crippen LogP contribution in [0.3, 0.4) is 0 Å². The van der Waals surface area contributed by atoms with Crippen LogP contribution in [-0.2, 0) is 11.8 Å². The van der Waals surface area contributed by atoms with E-state index in [-0.39, 0.29) is 5.41 Å². The molecule has 0 aromatic heterocycles. The average Bonchev–Trinajstić information content (AvgIpc) is 2.39. The average molecular weight is 250 g/mol. The Balaban J connectivity index is 2.30. The van der Waals surface area contributed by atoms with E-state index in [0.717, 1.165) is 6.42 Å². The van der Waals surface area contributed by atoms with Crippen molar-refractivity contribution in [2.45, 2.75) is 32.6 Å².